The lowest BCUT2D eigenvalue weighted by Gasteiger charge is -2.14. The fraction of sp³-hybridized carbons (Fsp3) is 0.417. The van der Waals surface area contributed by atoms with Crippen LogP contribution in [0.1, 0.15) is 17.9 Å². The summed E-state index contributed by atoms with van der Waals surface area (Å²) < 4.78 is 18.3. The highest BCUT2D eigenvalue weighted by atomic mass is 19.1. The summed E-state index contributed by atoms with van der Waals surface area (Å²) in [6, 6.07) is 6.33. The Morgan fingerprint density at radius 2 is 2.25 bits per heavy atom. The van der Waals surface area contributed by atoms with Crippen molar-refractivity contribution in [1.82, 2.24) is 0 Å². The minimum atomic E-state index is -0.304. The van der Waals surface area contributed by atoms with Crippen LogP contribution in [0.15, 0.2) is 24.3 Å². The van der Waals surface area contributed by atoms with Crippen molar-refractivity contribution in [2.45, 2.75) is 18.4 Å². The summed E-state index contributed by atoms with van der Waals surface area (Å²) in [4.78, 5) is 11.5. The number of methoxy groups -OCH3 is 1. The van der Waals surface area contributed by atoms with Crippen LogP contribution in [0.5, 0.6) is 0 Å². The molecule has 1 fully saturated rings. The first-order valence-electron chi connectivity index (χ1n) is 5.39. The molecule has 4 heteroatoms. The number of hydrogen-bond acceptors (Lipinski definition) is 2. The zero-order valence-corrected chi connectivity index (χ0v) is 9.15. The third-order valence-corrected chi connectivity index (χ3v) is 3.11. The summed E-state index contributed by atoms with van der Waals surface area (Å²) in [5, 5.41) is 1.92. The number of ether oxygens (including phenoxy) is 1. The molecular weight excluding hydrogens is 209 g/mol. The summed E-state index contributed by atoms with van der Waals surface area (Å²) in [7, 11) is 1.37. The van der Waals surface area contributed by atoms with Gasteiger partial charge < -0.3 is 10.1 Å². The molecule has 1 aromatic rings. The smallest absolute Gasteiger partial charge is 0.365 e. The van der Waals surface area contributed by atoms with E-state index in [9.17, 15) is 9.18 Å². The minimum Gasteiger partial charge on any atom is -0.465 e. The third kappa shape index (κ3) is 1.93. The van der Waals surface area contributed by atoms with Crippen molar-refractivity contribution in [3.8, 4) is 0 Å². The van der Waals surface area contributed by atoms with Gasteiger partial charge >= 0.3 is 5.97 Å². The van der Waals surface area contributed by atoms with Gasteiger partial charge in [0, 0.05) is 6.42 Å². The number of halogens is 1. The van der Waals surface area contributed by atoms with Crippen molar-refractivity contribution >= 4 is 5.97 Å². The van der Waals surface area contributed by atoms with Gasteiger partial charge in [0.1, 0.15) is 5.82 Å². The predicted molar refractivity (Wildman–Crippen MR) is 56.4 cm³/mol. The van der Waals surface area contributed by atoms with E-state index in [1.54, 1.807) is 18.2 Å². The van der Waals surface area contributed by atoms with Crippen molar-refractivity contribution in [3.05, 3.63) is 35.6 Å². The molecule has 0 spiro atoms. The van der Waals surface area contributed by atoms with Gasteiger partial charge in [0.15, 0.2) is 6.04 Å². The van der Waals surface area contributed by atoms with Gasteiger partial charge in [0.25, 0.3) is 0 Å². The van der Waals surface area contributed by atoms with Gasteiger partial charge in [-0.25, -0.2) is 9.18 Å². The van der Waals surface area contributed by atoms with Gasteiger partial charge in [-0.2, -0.15) is 0 Å². The number of benzene rings is 1. The molecule has 2 N–H and O–H groups in total. The van der Waals surface area contributed by atoms with E-state index in [1.807, 2.05) is 5.32 Å². The van der Waals surface area contributed by atoms with E-state index in [4.69, 9.17) is 4.74 Å². The lowest BCUT2D eigenvalue weighted by Crippen LogP contribution is -2.89. The Balaban J connectivity index is 2.27. The van der Waals surface area contributed by atoms with Crippen LogP contribution in [0.2, 0.25) is 0 Å². The maximum absolute atomic E-state index is 13.6. The molecule has 1 aliphatic rings. The minimum absolute atomic E-state index is 0.0753. The molecule has 16 heavy (non-hydrogen) atoms. The van der Waals surface area contributed by atoms with Gasteiger partial charge in [-0.05, 0) is 11.6 Å². The summed E-state index contributed by atoms with van der Waals surface area (Å²) in [5.74, 6) is -0.587. The van der Waals surface area contributed by atoms with E-state index in [0.717, 1.165) is 13.0 Å². The van der Waals surface area contributed by atoms with Crippen molar-refractivity contribution in [2.24, 2.45) is 0 Å². The van der Waals surface area contributed by atoms with Crippen LogP contribution in [0, 0.1) is 5.82 Å². The van der Waals surface area contributed by atoms with Crippen LogP contribution < -0.4 is 5.32 Å². The van der Waals surface area contributed by atoms with Crippen molar-refractivity contribution < 1.29 is 19.2 Å². The average molecular weight is 224 g/mol. The first-order chi connectivity index (χ1) is 7.74. The Kier molecular flexibility index (Phi) is 3.19. The van der Waals surface area contributed by atoms with E-state index in [-0.39, 0.29) is 23.7 Å². The first kappa shape index (κ1) is 11.1. The molecule has 2 atom stereocenters. The molecule has 0 radical (unpaired) electrons. The normalized spacial score (nSPS) is 24.4. The summed E-state index contributed by atoms with van der Waals surface area (Å²) in [6.07, 6.45) is 0.806. The van der Waals surface area contributed by atoms with Crippen LogP contribution in [0.4, 0.5) is 4.39 Å². The second kappa shape index (κ2) is 4.61. The van der Waals surface area contributed by atoms with E-state index in [1.165, 1.54) is 13.2 Å². The molecule has 1 aromatic carbocycles. The van der Waals surface area contributed by atoms with Crippen molar-refractivity contribution in [3.63, 3.8) is 0 Å². The van der Waals surface area contributed by atoms with Crippen LogP contribution in [0.25, 0.3) is 0 Å². The summed E-state index contributed by atoms with van der Waals surface area (Å²) >= 11 is 0. The van der Waals surface area contributed by atoms with Crippen LogP contribution in [0.3, 0.4) is 0 Å². The monoisotopic (exact) mass is 224 g/mol. The number of rotatable bonds is 2. The lowest BCUT2D eigenvalue weighted by molar-refractivity contribution is -0.660. The highest BCUT2D eigenvalue weighted by molar-refractivity contribution is 5.75. The van der Waals surface area contributed by atoms with E-state index < -0.39 is 0 Å². The van der Waals surface area contributed by atoms with Crippen LogP contribution in [-0.2, 0) is 9.53 Å². The Morgan fingerprint density at radius 3 is 2.94 bits per heavy atom. The SMILES string of the molecule is COC(=O)[C@H]1[NH2+]CC[C@@H]1c1ccccc1F. The van der Waals surface area contributed by atoms with Gasteiger partial charge in [0.2, 0.25) is 0 Å². The second-order valence-electron chi connectivity index (χ2n) is 3.99. The van der Waals surface area contributed by atoms with Crippen molar-refractivity contribution in [2.75, 3.05) is 13.7 Å². The molecule has 3 nitrogen and oxygen atoms in total. The van der Waals surface area contributed by atoms with Gasteiger partial charge in [0.05, 0.1) is 19.6 Å². The molecule has 0 amide bonds. The van der Waals surface area contributed by atoms with Crippen LogP contribution >= 0.6 is 0 Å². The largest absolute Gasteiger partial charge is 0.465 e. The highest BCUT2D eigenvalue weighted by Gasteiger charge is 2.39. The Morgan fingerprint density at radius 1 is 1.50 bits per heavy atom. The molecule has 86 valence electrons. The van der Waals surface area contributed by atoms with E-state index in [0.29, 0.717) is 5.56 Å². The maximum atomic E-state index is 13.6. The van der Waals surface area contributed by atoms with Crippen LogP contribution in [-0.4, -0.2) is 25.7 Å². The van der Waals surface area contributed by atoms with Crippen molar-refractivity contribution in [1.29, 1.82) is 0 Å². The number of esters is 1. The van der Waals surface area contributed by atoms with Gasteiger partial charge in [-0.1, -0.05) is 18.2 Å². The average Bonchev–Trinajstić information content (AvgIpc) is 2.77. The maximum Gasteiger partial charge on any atom is 0.365 e. The van der Waals surface area contributed by atoms with Gasteiger partial charge in [-0.15, -0.1) is 0 Å². The number of hydrogen-bond donors (Lipinski definition) is 1. The summed E-state index contributed by atoms with van der Waals surface area (Å²) in [6.45, 7) is 0.832. The topological polar surface area (TPSA) is 42.9 Å². The quantitative estimate of drug-likeness (QED) is 0.740. The Hall–Kier alpha value is -1.42. The van der Waals surface area contributed by atoms with Gasteiger partial charge in [-0.3, -0.25) is 0 Å². The first-order valence-corrected chi connectivity index (χ1v) is 5.39. The molecular formula is C12H15FNO2+. The van der Waals surface area contributed by atoms with E-state index in [2.05, 4.69) is 0 Å². The number of nitrogens with two attached hydrogens (primary N) is 1. The predicted octanol–water partition coefficient (Wildman–Crippen LogP) is 0.418. The lowest BCUT2D eigenvalue weighted by atomic mass is 9.91. The molecule has 2 rings (SSSR count). The highest BCUT2D eigenvalue weighted by Crippen LogP contribution is 2.26. The standard InChI is InChI=1S/C12H14FNO2/c1-16-12(15)11-9(6-7-14-11)8-4-2-3-5-10(8)13/h2-5,9,11,14H,6-7H2,1H3/p+1/t9-,11+/m1/s1. The number of quaternary nitrogens is 1. The molecule has 0 bridgehead atoms. The molecule has 1 heterocycles. The fourth-order valence-electron chi connectivity index (χ4n) is 2.32. The zero-order valence-electron chi connectivity index (χ0n) is 9.15. The molecule has 0 saturated carbocycles. The Labute approximate surface area is 93.6 Å². The molecule has 1 aliphatic heterocycles. The van der Waals surface area contributed by atoms with E-state index >= 15 is 0 Å². The molecule has 0 aromatic heterocycles. The molecule has 0 aliphatic carbocycles. The summed E-state index contributed by atoms with van der Waals surface area (Å²) in [5.41, 5.74) is 0.617. The fourth-order valence-corrected chi connectivity index (χ4v) is 2.32. The second-order valence-corrected chi connectivity index (χ2v) is 3.99. The third-order valence-electron chi connectivity index (χ3n) is 3.11. The zero-order chi connectivity index (χ0) is 11.5. The molecule has 1 saturated heterocycles. The Bertz CT molecular complexity index is 394. The molecule has 0 unspecified atom stereocenters. The number of carbonyl (C=O) groups excluding carboxylic acids is 1. The number of carbonyl (C=O) groups is 1.